The minimum absolute atomic E-state index is 0.0750. The third-order valence-corrected chi connectivity index (χ3v) is 3.00. The number of nitrogens with zero attached hydrogens (tertiary/aromatic N) is 1. The predicted octanol–water partition coefficient (Wildman–Crippen LogP) is 2.09. The third kappa shape index (κ3) is 3.51. The number of carbonyl (C=O) groups is 1. The Labute approximate surface area is 113 Å². The van der Waals surface area contributed by atoms with Gasteiger partial charge in [0.05, 0.1) is 11.1 Å². The lowest BCUT2D eigenvalue weighted by Crippen LogP contribution is -2.26. The van der Waals surface area contributed by atoms with Crippen LogP contribution in [-0.2, 0) is 0 Å². The average Bonchev–Trinajstić information content (AvgIpc) is 2.42. The highest BCUT2D eigenvalue weighted by Crippen LogP contribution is 2.15. The van der Waals surface area contributed by atoms with Gasteiger partial charge in [-0.25, -0.2) is 0 Å². The number of nitrogens with one attached hydrogen (secondary N) is 1. The Bertz CT molecular complexity index is 561. The molecule has 0 aliphatic heterocycles. The van der Waals surface area contributed by atoms with Crippen LogP contribution in [0.3, 0.4) is 0 Å². The molecule has 0 radical (unpaired) electrons. The molecule has 3 N–H and O–H groups in total. The van der Waals surface area contributed by atoms with Crippen LogP contribution >= 0.6 is 0 Å². The lowest BCUT2D eigenvalue weighted by Gasteiger charge is -2.08. The lowest BCUT2D eigenvalue weighted by molar-refractivity contribution is 0.0954. The zero-order chi connectivity index (χ0) is 13.7. The summed E-state index contributed by atoms with van der Waals surface area (Å²) in [4.78, 5) is 16.4. The van der Waals surface area contributed by atoms with Gasteiger partial charge in [-0.15, -0.1) is 0 Å². The van der Waals surface area contributed by atoms with E-state index in [-0.39, 0.29) is 11.9 Å². The van der Waals surface area contributed by atoms with Crippen molar-refractivity contribution in [3.05, 3.63) is 42.1 Å². The summed E-state index contributed by atoms with van der Waals surface area (Å²) in [6.45, 7) is 2.61. The van der Waals surface area contributed by atoms with Crippen molar-refractivity contribution in [3.63, 3.8) is 0 Å². The minimum atomic E-state index is -0.0750. The number of aromatic nitrogens is 1. The van der Waals surface area contributed by atoms with Crippen LogP contribution < -0.4 is 11.1 Å². The molecule has 1 unspecified atom stereocenters. The molecule has 0 fully saturated rings. The number of fused-ring (bicyclic) bond motifs is 1. The first kappa shape index (κ1) is 13.5. The number of hydrogen-bond donors (Lipinski definition) is 2. The van der Waals surface area contributed by atoms with Crippen molar-refractivity contribution in [1.29, 1.82) is 0 Å². The summed E-state index contributed by atoms with van der Waals surface area (Å²) in [6, 6.07) is 9.63. The Morgan fingerprint density at radius 3 is 2.95 bits per heavy atom. The first-order valence-corrected chi connectivity index (χ1v) is 6.56. The minimum Gasteiger partial charge on any atom is -0.352 e. The van der Waals surface area contributed by atoms with Gasteiger partial charge in [-0.1, -0.05) is 18.2 Å². The van der Waals surface area contributed by atoms with Crippen LogP contribution in [-0.4, -0.2) is 23.5 Å². The van der Waals surface area contributed by atoms with Crippen molar-refractivity contribution in [2.45, 2.75) is 25.8 Å². The maximum absolute atomic E-state index is 12.1. The molecule has 19 heavy (non-hydrogen) atoms. The molecule has 0 saturated carbocycles. The van der Waals surface area contributed by atoms with Crippen LogP contribution in [0.2, 0.25) is 0 Å². The Kier molecular flexibility index (Phi) is 4.47. The summed E-state index contributed by atoms with van der Waals surface area (Å²) in [5.41, 5.74) is 7.04. The Morgan fingerprint density at radius 1 is 1.37 bits per heavy atom. The number of para-hydroxylation sites is 1. The van der Waals surface area contributed by atoms with Gasteiger partial charge in [0.1, 0.15) is 0 Å². The largest absolute Gasteiger partial charge is 0.352 e. The van der Waals surface area contributed by atoms with Crippen LogP contribution in [0.25, 0.3) is 10.9 Å². The van der Waals surface area contributed by atoms with E-state index >= 15 is 0 Å². The number of rotatable bonds is 5. The second kappa shape index (κ2) is 6.29. The summed E-state index contributed by atoms with van der Waals surface area (Å²) in [5.74, 6) is -0.0750. The summed E-state index contributed by atoms with van der Waals surface area (Å²) >= 11 is 0. The second-order valence-corrected chi connectivity index (χ2v) is 4.76. The van der Waals surface area contributed by atoms with Crippen molar-refractivity contribution in [1.82, 2.24) is 10.3 Å². The van der Waals surface area contributed by atoms with Crippen molar-refractivity contribution in [2.75, 3.05) is 6.54 Å². The van der Waals surface area contributed by atoms with Crippen LogP contribution in [0, 0.1) is 0 Å². The smallest absolute Gasteiger partial charge is 0.253 e. The molecule has 1 aromatic heterocycles. The van der Waals surface area contributed by atoms with E-state index in [1.54, 1.807) is 12.3 Å². The SMILES string of the molecule is CC(N)CCCNC(=O)c1cccc2cccnc12. The zero-order valence-electron chi connectivity index (χ0n) is 11.1. The molecule has 0 bridgehead atoms. The quantitative estimate of drug-likeness (QED) is 0.806. The number of amides is 1. The van der Waals surface area contributed by atoms with E-state index in [1.165, 1.54) is 0 Å². The number of nitrogens with two attached hydrogens (primary N) is 1. The molecule has 2 aromatic rings. The highest BCUT2D eigenvalue weighted by Gasteiger charge is 2.09. The van der Waals surface area contributed by atoms with E-state index in [9.17, 15) is 4.79 Å². The Morgan fingerprint density at radius 2 is 2.16 bits per heavy atom. The van der Waals surface area contributed by atoms with E-state index in [1.807, 2.05) is 31.2 Å². The molecule has 100 valence electrons. The van der Waals surface area contributed by atoms with Crippen LogP contribution in [0.15, 0.2) is 36.5 Å². The fraction of sp³-hybridized carbons (Fsp3) is 0.333. The molecule has 4 heteroatoms. The molecular weight excluding hydrogens is 238 g/mol. The maximum atomic E-state index is 12.1. The zero-order valence-corrected chi connectivity index (χ0v) is 11.1. The van der Waals surface area contributed by atoms with Crippen molar-refractivity contribution >= 4 is 16.8 Å². The monoisotopic (exact) mass is 257 g/mol. The lowest BCUT2D eigenvalue weighted by atomic mass is 10.1. The van der Waals surface area contributed by atoms with Crippen molar-refractivity contribution < 1.29 is 4.79 Å². The fourth-order valence-electron chi connectivity index (χ4n) is 2.01. The molecule has 0 aliphatic carbocycles. The van der Waals surface area contributed by atoms with Gasteiger partial charge in [-0.05, 0) is 31.9 Å². The van der Waals surface area contributed by atoms with Crippen molar-refractivity contribution in [2.24, 2.45) is 5.73 Å². The molecular formula is C15H19N3O. The van der Waals surface area contributed by atoms with E-state index in [0.717, 1.165) is 23.7 Å². The topological polar surface area (TPSA) is 68.0 Å². The normalized spacial score (nSPS) is 12.3. The molecule has 4 nitrogen and oxygen atoms in total. The molecule has 1 atom stereocenters. The first-order valence-electron chi connectivity index (χ1n) is 6.56. The van der Waals surface area contributed by atoms with Gasteiger partial charge in [-0.2, -0.15) is 0 Å². The fourth-order valence-corrected chi connectivity index (χ4v) is 2.01. The Hall–Kier alpha value is -1.94. The molecule has 2 rings (SSSR count). The first-order chi connectivity index (χ1) is 9.18. The summed E-state index contributed by atoms with van der Waals surface area (Å²) in [6.07, 6.45) is 3.50. The third-order valence-electron chi connectivity index (χ3n) is 3.00. The summed E-state index contributed by atoms with van der Waals surface area (Å²) < 4.78 is 0. The van der Waals surface area contributed by atoms with Gasteiger partial charge in [0.2, 0.25) is 0 Å². The number of pyridine rings is 1. The number of hydrogen-bond acceptors (Lipinski definition) is 3. The van der Waals surface area contributed by atoms with E-state index in [2.05, 4.69) is 10.3 Å². The predicted molar refractivity (Wildman–Crippen MR) is 77.0 cm³/mol. The van der Waals surface area contributed by atoms with Crippen LogP contribution in [0.1, 0.15) is 30.1 Å². The molecule has 1 aromatic carbocycles. The van der Waals surface area contributed by atoms with E-state index < -0.39 is 0 Å². The average molecular weight is 257 g/mol. The van der Waals surface area contributed by atoms with Crippen LogP contribution in [0.5, 0.6) is 0 Å². The second-order valence-electron chi connectivity index (χ2n) is 4.76. The number of carbonyl (C=O) groups excluding carboxylic acids is 1. The molecule has 0 saturated heterocycles. The molecule has 1 heterocycles. The highest BCUT2D eigenvalue weighted by atomic mass is 16.1. The van der Waals surface area contributed by atoms with Crippen molar-refractivity contribution in [3.8, 4) is 0 Å². The van der Waals surface area contributed by atoms with Crippen LogP contribution in [0.4, 0.5) is 0 Å². The van der Waals surface area contributed by atoms with Gasteiger partial charge in [0.15, 0.2) is 0 Å². The van der Waals surface area contributed by atoms with Gasteiger partial charge in [-0.3, -0.25) is 9.78 Å². The number of benzene rings is 1. The van der Waals surface area contributed by atoms with Gasteiger partial charge in [0, 0.05) is 24.2 Å². The van der Waals surface area contributed by atoms with Gasteiger partial charge < -0.3 is 11.1 Å². The summed E-state index contributed by atoms with van der Waals surface area (Å²) in [7, 11) is 0. The summed E-state index contributed by atoms with van der Waals surface area (Å²) in [5, 5.41) is 3.89. The maximum Gasteiger partial charge on any atom is 0.253 e. The molecule has 0 aliphatic rings. The Balaban J connectivity index is 2.05. The molecule has 1 amide bonds. The molecule has 0 spiro atoms. The van der Waals surface area contributed by atoms with E-state index in [4.69, 9.17) is 5.73 Å². The highest BCUT2D eigenvalue weighted by molar-refractivity contribution is 6.05. The van der Waals surface area contributed by atoms with Gasteiger partial charge >= 0.3 is 0 Å². The standard InChI is InChI=1S/C15H19N3O/c1-11(16)5-3-10-18-15(19)13-8-2-6-12-7-4-9-17-14(12)13/h2,4,6-9,11H,3,5,10,16H2,1H3,(H,18,19). The van der Waals surface area contributed by atoms with E-state index in [0.29, 0.717) is 12.1 Å². The van der Waals surface area contributed by atoms with Gasteiger partial charge in [0.25, 0.3) is 5.91 Å².